The molecule has 0 atom stereocenters. The van der Waals surface area contributed by atoms with E-state index in [2.05, 4.69) is 25.3 Å². The van der Waals surface area contributed by atoms with Crippen molar-refractivity contribution in [3.63, 3.8) is 0 Å². The molecule has 0 bridgehead atoms. The summed E-state index contributed by atoms with van der Waals surface area (Å²) in [6, 6.07) is 11.0. The number of anilines is 2. The molecule has 0 saturated carbocycles. The Morgan fingerprint density at radius 1 is 1.09 bits per heavy atom. The second kappa shape index (κ2) is 5.96. The molecular formula is C15H12N6O. The van der Waals surface area contributed by atoms with E-state index >= 15 is 0 Å². The van der Waals surface area contributed by atoms with Gasteiger partial charge in [-0.3, -0.25) is 4.79 Å². The van der Waals surface area contributed by atoms with Crippen LogP contribution in [-0.4, -0.2) is 25.8 Å². The van der Waals surface area contributed by atoms with E-state index in [0.29, 0.717) is 11.5 Å². The number of nitrogen functional groups attached to an aromatic ring is 1. The van der Waals surface area contributed by atoms with Gasteiger partial charge in [-0.2, -0.15) is 0 Å². The van der Waals surface area contributed by atoms with E-state index in [9.17, 15) is 4.79 Å². The quantitative estimate of drug-likeness (QED) is 0.762. The molecule has 0 radical (unpaired) electrons. The van der Waals surface area contributed by atoms with Crippen molar-refractivity contribution in [1.82, 2.24) is 19.9 Å². The fourth-order valence-electron chi connectivity index (χ4n) is 1.85. The maximum absolute atomic E-state index is 12.3. The first kappa shape index (κ1) is 13.6. The highest BCUT2D eigenvalue weighted by molar-refractivity contribution is 6.05. The largest absolute Gasteiger partial charge is 0.382 e. The van der Waals surface area contributed by atoms with Crippen molar-refractivity contribution in [1.29, 1.82) is 0 Å². The van der Waals surface area contributed by atoms with Crippen molar-refractivity contribution >= 4 is 17.5 Å². The molecule has 3 rings (SSSR count). The summed E-state index contributed by atoms with van der Waals surface area (Å²) in [4.78, 5) is 28.3. The third kappa shape index (κ3) is 2.88. The van der Waals surface area contributed by atoms with E-state index in [1.54, 1.807) is 6.07 Å². The molecule has 0 saturated heterocycles. The highest BCUT2D eigenvalue weighted by Gasteiger charge is 2.15. The van der Waals surface area contributed by atoms with Gasteiger partial charge in [-0.15, -0.1) is 0 Å². The van der Waals surface area contributed by atoms with Gasteiger partial charge in [0.05, 0.1) is 11.9 Å². The number of benzene rings is 1. The zero-order valence-corrected chi connectivity index (χ0v) is 11.5. The molecule has 2 aromatic heterocycles. The predicted octanol–water partition coefficient (Wildman–Crippen LogP) is 1.77. The minimum absolute atomic E-state index is 0.0555. The van der Waals surface area contributed by atoms with Crippen molar-refractivity contribution in [3.05, 3.63) is 60.8 Å². The number of nitrogens with two attached hydrogens (primary N) is 1. The Bertz CT molecular complexity index is 792. The molecule has 0 fully saturated rings. The molecule has 0 aliphatic carbocycles. The van der Waals surface area contributed by atoms with E-state index in [4.69, 9.17) is 5.73 Å². The lowest BCUT2D eigenvalue weighted by Gasteiger charge is -2.07. The lowest BCUT2D eigenvalue weighted by atomic mass is 10.1. The Morgan fingerprint density at radius 3 is 2.64 bits per heavy atom. The van der Waals surface area contributed by atoms with Crippen molar-refractivity contribution in [2.75, 3.05) is 11.1 Å². The van der Waals surface area contributed by atoms with Gasteiger partial charge in [0, 0.05) is 11.8 Å². The first-order valence-corrected chi connectivity index (χ1v) is 6.49. The smallest absolute Gasteiger partial charge is 0.279 e. The third-order valence-electron chi connectivity index (χ3n) is 2.91. The molecule has 3 aromatic rings. The summed E-state index contributed by atoms with van der Waals surface area (Å²) in [7, 11) is 0. The fraction of sp³-hybridized carbons (Fsp3) is 0. The molecule has 7 heteroatoms. The monoisotopic (exact) mass is 292 g/mol. The van der Waals surface area contributed by atoms with Gasteiger partial charge >= 0.3 is 0 Å². The van der Waals surface area contributed by atoms with Gasteiger partial charge < -0.3 is 11.1 Å². The van der Waals surface area contributed by atoms with Gasteiger partial charge in [0.25, 0.3) is 5.91 Å². The van der Waals surface area contributed by atoms with Crippen molar-refractivity contribution in [2.45, 2.75) is 0 Å². The molecule has 0 aliphatic heterocycles. The molecule has 108 valence electrons. The maximum Gasteiger partial charge on any atom is 0.279 e. The molecular weight excluding hydrogens is 280 g/mol. The molecule has 0 spiro atoms. The van der Waals surface area contributed by atoms with Crippen LogP contribution in [0.2, 0.25) is 0 Å². The van der Waals surface area contributed by atoms with Crippen LogP contribution in [0, 0.1) is 0 Å². The number of rotatable bonds is 3. The Labute approximate surface area is 126 Å². The normalized spacial score (nSPS) is 10.2. The van der Waals surface area contributed by atoms with Crippen LogP contribution < -0.4 is 11.1 Å². The molecule has 2 heterocycles. The van der Waals surface area contributed by atoms with Crippen LogP contribution >= 0.6 is 0 Å². The zero-order chi connectivity index (χ0) is 15.4. The van der Waals surface area contributed by atoms with Gasteiger partial charge in [0.1, 0.15) is 12.1 Å². The molecule has 3 N–H and O–H groups in total. The standard InChI is InChI=1S/C15H12N6O/c16-14-13(15(22)21-12-6-7-17-9-19-12)20-11(8-18-14)10-4-2-1-3-5-10/h1-9H,(H2,16,18)(H,17,19,21,22). The Morgan fingerprint density at radius 2 is 1.91 bits per heavy atom. The molecule has 1 aromatic carbocycles. The van der Waals surface area contributed by atoms with Crippen molar-refractivity contribution in [3.8, 4) is 11.3 Å². The average Bonchev–Trinajstić information content (AvgIpc) is 2.57. The Balaban J connectivity index is 1.91. The lowest BCUT2D eigenvalue weighted by Crippen LogP contribution is -2.18. The molecule has 1 amide bonds. The molecule has 0 unspecified atom stereocenters. The summed E-state index contributed by atoms with van der Waals surface area (Å²) in [5.74, 6) is -0.0426. The minimum Gasteiger partial charge on any atom is -0.382 e. The second-order valence-corrected chi connectivity index (χ2v) is 4.40. The van der Waals surface area contributed by atoms with Crippen LogP contribution in [0.4, 0.5) is 11.6 Å². The summed E-state index contributed by atoms with van der Waals surface area (Å²) in [6.45, 7) is 0. The number of hydrogen-bond donors (Lipinski definition) is 2. The second-order valence-electron chi connectivity index (χ2n) is 4.40. The predicted molar refractivity (Wildman–Crippen MR) is 81.9 cm³/mol. The number of carbonyl (C=O) groups excluding carboxylic acids is 1. The van der Waals surface area contributed by atoms with Crippen LogP contribution in [0.3, 0.4) is 0 Å². The summed E-state index contributed by atoms with van der Waals surface area (Å²) in [6.07, 6.45) is 4.40. The molecule has 7 nitrogen and oxygen atoms in total. The number of nitrogens with one attached hydrogen (secondary N) is 1. The Kier molecular flexibility index (Phi) is 3.69. The van der Waals surface area contributed by atoms with Gasteiger partial charge in [-0.05, 0) is 6.07 Å². The maximum atomic E-state index is 12.3. The van der Waals surface area contributed by atoms with Crippen LogP contribution in [0.15, 0.2) is 55.1 Å². The minimum atomic E-state index is -0.471. The zero-order valence-electron chi connectivity index (χ0n) is 11.5. The summed E-state index contributed by atoms with van der Waals surface area (Å²) in [5.41, 5.74) is 7.24. The highest BCUT2D eigenvalue weighted by Crippen LogP contribution is 2.18. The SMILES string of the molecule is Nc1ncc(-c2ccccc2)nc1C(=O)Nc1ccncn1. The van der Waals surface area contributed by atoms with Crippen LogP contribution in [0.25, 0.3) is 11.3 Å². The fourth-order valence-corrected chi connectivity index (χ4v) is 1.85. The Hall–Kier alpha value is -3.35. The van der Waals surface area contributed by atoms with Crippen molar-refractivity contribution < 1.29 is 4.79 Å². The van der Waals surface area contributed by atoms with E-state index in [-0.39, 0.29) is 11.5 Å². The van der Waals surface area contributed by atoms with E-state index < -0.39 is 5.91 Å². The number of amides is 1. The van der Waals surface area contributed by atoms with Gasteiger partial charge in [0.15, 0.2) is 11.5 Å². The van der Waals surface area contributed by atoms with Crippen molar-refractivity contribution in [2.24, 2.45) is 0 Å². The number of hydrogen-bond acceptors (Lipinski definition) is 6. The van der Waals surface area contributed by atoms with Crippen LogP contribution in [0.5, 0.6) is 0 Å². The van der Waals surface area contributed by atoms with Gasteiger partial charge in [0.2, 0.25) is 0 Å². The van der Waals surface area contributed by atoms with Crippen LogP contribution in [-0.2, 0) is 0 Å². The number of carbonyl (C=O) groups is 1. The van der Waals surface area contributed by atoms with Gasteiger partial charge in [-0.25, -0.2) is 19.9 Å². The highest BCUT2D eigenvalue weighted by atomic mass is 16.2. The lowest BCUT2D eigenvalue weighted by molar-refractivity contribution is 0.102. The van der Waals surface area contributed by atoms with E-state index in [0.717, 1.165) is 5.56 Å². The van der Waals surface area contributed by atoms with E-state index in [1.807, 2.05) is 30.3 Å². The van der Waals surface area contributed by atoms with Crippen LogP contribution in [0.1, 0.15) is 10.5 Å². The first-order chi connectivity index (χ1) is 10.7. The summed E-state index contributed by atoms with van der Waals surface area (Å²) >= 11 is 0. The summed E-state index contributed by atoms with van der Waals surface area (Å²) in [5, 5.41) is 2.61. The van der Waals surface area contributed by atoms with E-state index in [1.165, 1.54) is 18.7 Å². The third-order valence-corrected chi connectivity index (χ3v) is 2.91. The molecule has 0 aliphatic rings. The molecule has 22 heavy (non-hydrogen) atoms. The summed E-state index contributed by atoms with van der Waals surface area (Å²) < 4.78 is 0. The van der Waals surface area contributed by atoms with Gasteiger partial charge in [-0.1, -0.05) is 30.3 Å². The first-order valence-electron chi connectivity index (χ1n) is 6.49. The number of nitrogens with zero attached hydrogens (tertiary/aromatic N) is 4. The average molecular weight is 292 g/mol. The number of aromatic nitrogens is 4. The topological polar surface area (TPSA) is 107 Å².